The van der Waals surface area contributed by atoms with Gasteiger partial charge in [-0.25, -0.2) is 4.98 Å². The molecule has 220 valence electrons. The molecule has 0 radical (unpaired) electrons. The summed E-state index contributed by atoms with van der Waals surface area (Å²) in [4.78, 5) is 17.5. The lowest BCUT2D eigenvalue weighted by atomic mass is 9.79. The topological polar surface area (TPSA) is 105 Å². The average Bonchev–Trinajstić information content (AvgIpc) is 3.43. The van der Waals surface area contributed by atoms with E-state index in [1.54, 1.807) is 0 Å². The van der Waals surface area contributed by atoms with Gasteiger partial charge in [0.1, 0.15) is 5.82 Å². The Hall–Kier alpha value is -4.71. The first-order chi connectivity index (χ1) is 20.6. The molecule has 0 amide bonds. The Labute approximate surface area is 255 Å². The number of anilines is 2. The van der Waals surface area contributed by atoms with Crippen molar-refractivity contribution in [1.29, 1.82) is 0 Å². The van der Waals surface area contributed by atoms with E-state index in [1.165, 1.54) is 11.1 Å². The summed E-state index contributed by atoms with van der Waals surface area (Å²) in [5.41, 5.74) is 23.1. The fourth-order valence-electron chi connectivity index (χ4n) is 5.14. The van der Waals surface area contributed by atoms with E-state index in [2.05, 4.69) is 110 Å². The molecule has 0 aliphatic rings. The van der Waals surface area contributed by atoms with Crippen molar-refractivity contribution in [3.8, 4) is 22.5 Å². The zero-order chi connectivity index (χ0) is 30.6. The molecule has 5 aromatic rings. The monoisotopic (exact) mass is 570 g/mol. The second kappa shape index (κ2) is 12.7. The van der Waals surface area contributed by atoms with Crippen LogP contribution in [0.5, 0.6) is 0 Å². The van der Waals surface area contributed by atoms with Gasteiger partial charge in [-0.15, -0.1) is 0 Å². The standard InChI is InChI=1S/C37H42N6/c1-6-18-40-32-14-11-26(21-31(32)39)27-12-15-33-35(22-27)43-36(42-33)28-8-7-9-29(20-28)37(4,5)17-16-25-10-13-30(38)34(19-25)41-23-24(2)3/h7-15,18-24H,6,16-17,38-39H2,1-5H3,(H,42,43)/b40-18+,41-23+. The molecular weight excluding hydrogens is 528 g/mol. The van der Waals surface area contributed by atoms with Crippen LogP contribution in [-0.2, 0) is 11.8 Å². The zero-order valence-electron chi connectivity index (χ0n) is 25.9. The zero-order valence-corrected chi connectivity index (χ0v) is 25.9. The first-order valence-corrected chi connectivity index (χ1v) is 15.1. The molecule has 0 aliphatic heterocycles. The van der Waals surface area contributed by atoms with Gasteiger partial charge in [0.2, 0.25) is 0 Å². The van der Waals surface area contributed by atoms with E-state index in [9.17, 15) is 0 Å². The molecule has 0 saturated heterocycles. The maximum Gasteiger partial charge on any atom is 0.138 e. The molecule has 43 heavy (non-hydrogen) atoms. The number of hydrogen-bond acceptors (Lipinski definition) is 5. The van der Waals surface area contributed by atoms with Crippen LogP contribution in [0.4, 0.5) is 22.7 Å². The first kappa shape index (κ1) is 29.8. The lowest BCUT2D eigenvalue weighted by Crippen LogP contribution is -2.18. The second-order valence-electron chi connectivity index (χ2n) is 12.2. The molecule has 0 fully saturated rings. The Morgan fingerprint density at radius 3 is 2.40 bits per heavy atom. The number of hydrogen-bond donors (Lipinski definition) is 3. The number of nitrogens with two attached hydrogens (primary N) is 2. The van der Waals surface area contributed by atoms with Crippen LogP contribution in [0, 0.1) is 5.92 Å². The van der Waals surface area contributed by atoms with Crippen molar-refractivity contribution >= 4 is 46.2 Å². The van der Waals surface area contributed by atoms with E-state index in [0.717, 1.165) is 64.2 Å². The van der Waals surface area contributed by atoms with Crippen LogP contribution in [0.15, 0.2) is 88.8 Å². The van der Waals surface area contributed by atoms with Crippen LogP contribution in [0.2, 0.25) is 0 Å². The van der Waals surface area contributed by atoms with E-state index in [1.807, 2.05) is 30.6 Å². The Bertz CT molecular complexity index is 1790. The number of benzene rings is 4. The Morgan fingerprint density at radius 1 is 0.837 bits per heavy atom. The number of imidazole rings is 1. The molecule has 1 aromatic heterocycles. The van der Waals surface area contributed by atoms with Crippen LogP contribution in [-0.4, -0.2) is 22.4 Å². The van der Waals surface area contributed by atoms with Crippen molar-refractivity contribution in [3.05, 3.63) is 90.0 Å². The van der Waals surface area contributed by atoms with Crippen molar-refractivity contribution in [3.63, 3.8) is 0 Å². The Balaban J connectivity index is 1.35. The summed E-state index contributed by atoms with van der Waals surface area (Å²) < 4.78 is 0. The predicted octanol–water partition coefficient (Wildman–Crippen LogP) is 9.44. The molecule has 0 saturated carbocycles. The number of aryl methyl sites for hydroxylation is 1. The quantitative estimate of drug-likeness (QED) is 0.115. The summed E-state index contributed by atoms with van der Waals surface area (Å²) in [6.07, 6.45) is 6.62. The highest BCUT2D eigenvalue weighted by molar-refractivity contribution is 5.86. The van der Waals surface area contributed by atoms with Gasteiger partial charge in [0.05, 0.1) is 33.8 Å². The summed E-state index contributed by atoms with van der Waals surface area (Å²) >= 11 is 0. The Morgan fingerprint density at radius 2 is 1.63 bits per heavy atom. The van der Waals surface area contributed by atoms with E-state index in [0.29, 0.717) is 17.3 Å². The van der Waals surface area contributed by atoms with E-state index >= 15 is 0 Å². The molecule has 4 aromatic carbocycles. The van der Waals surface area contributed by atoms with Gasteiger partial charge in [0.15, 0.2) is 0 Å². The van der Waals surface area contributed by atoms with Crippen LogP contribution in [0.1, 0.15) is 58.6 Å². The summed E-state index contributed by atoms with van der Waals surface area (Å²) in [5, 5.41) is 0. The fourth-order valence-corrected chi connectivity index (χ4v) is 5.14. The molecule has 1 heterocycles. The number of aliphatic imine (C=N–C) groups is 2. The minimum atomic E-state index is -0.0365. The van der Waals surface area contributed by atoms with Crippen molar-refractivity contribution < 1.29 is 0 Å². The summed E-state index contributed by atoms with van der Waals surface area (Å²) in [6, 6.07) is 27.2. The normalized spacial score (nSPS) is 12.3. The number of nitrogen functional groups attached to an aromatic ring is 2. The van der Waals surface area contributed by atoms with Gasteiger partial charge in [0.25, 0.3) is 0 Å². The number of aromatic amines is 1. The minimum absolute atomic E-state index is 0.0365. The highest BCUT2D eigenvalue weighted by Gasteiger charge is 2.22. The highest BCUT2D eigenvalue weighted by Crippen LogP contribution is 2.34. The number of rotatable bonds is 10. The smallest absolute Gasteiger partial charge is 0.138 e. The summed E-state index contributed by atoms with van der Waals surface area (Å²) in [6.45, 7) is 10.9. The highest BCUT2D eigenvalue weighted by atomic mass is 14.9. The molecule has 0 atom stereocenters. The lowest BCUT2D eigenvalue weighted by Gasteiger charge is -2.26. The van der Waals surface area contributed by atoms with E-state index in [-0.39, 0.29) is 5.41 Å². The maximum absolute atomic E-state index is 6.28. The van der Waals surface area contributed by atoms with Crippen LogP contribution in [0.3, 0.4) is 0 Å². The van der Waals surface area contributed by atoms with Gasteiger partial charge in [-0.3, -0.25) is 9.98 Å². The van der Waals surface area contributed by atoms with Crippen molar-refractivity contribution in [2.45, 2.75) is 59.3 Å². The number of H-pyrrole nitrogens is 1. The molecule has 6 nitrogen and oxygen atoms in total. The third-order valence-corrected chi connectivity index (χ3v) is 7.82. The van der Waals surface area contributed by atoms with E-state index in [4.69, 9.17) is 16.5 Å². The molecule has 0 aliphatic carbocycles. The summed E-state index contributed by atoms with van der Waals surface area (Å²) in [7, 11) is 0. The average molecular weight is 571 g/mol. The SMILES string of the molecule is CC/C=N/c1ccc(-c2ccc3[nH]c(-c4cccc(C(C)(C)CCc5ccc(N)c(/N=C/C(C)C)c5)c4)nc3c2)cc1N. The largest absolute Gasteiger partial charge is 0.397 e. The lowest BCUT2D eigenvalue weighted by molar-refractivity contribution is 0.480. The van der Waals surface area contributed by atoms with Crippen LogP contribution >= 0.6 is 0 Å². The van der Waals surface area contributed by atoms with Gasteiger partial charge < -0.3 is 16.5 Å². The van der Waals surface area contributed by atoms with Crippen molar-refractivity contribution in [1.82, 2.24) is 9.97 Å². The first-order valence-electron chi connectivity index (χ1n) is 15.1. The van der Waals surface area contributed by atoms with Gasteiger partial charge in [-0.2, -0.15) is 0 Å². The number of nitrogens with one attached hydrogen (secondary N) is 1. The van der Waals surface area contributed by atoms with Gasteiger partial charge in [-0.1, -0.05) is 71.0 Å². The minimum Gasteiger partial charge on any atom is -0.397 e. The molecule has 0 bridgehead atoms. The molecule has 0 unspecified atom stereocenters. The van der Waals surface area contributed by atoms with Gasteiger partial charge >= 0.3 is 0 Å². The third-order valence-electron chi connectivity index (χ3n) is 7.82. The molecule has 6 heteroatoms. The second-order valence-corrected chi connectivity index (χ2v) is 12.2. The molecule has 5 rings (SSSR count). The summed E-state index contributed by atoms with van der Waals surface area (Å²) in [5.74, 6) is 1.24. The van der Waals surface area contributed by atoms with Crippen LogP contribution in [0.25, 0.3) is 33.5 Å². The van der Waals surface area contributed by atoms with Crippen molar-refractivity contribution in [2.75, 3.05) is 11.5 Å². The molecule has 0 spiro atoms. The van der Waals surface area contributed by atoms with Crippen LogP contribution < -0.4 is 11.5 Å². The molecular formula is C37H42N6. The number of aromatic nitrogens is 2. The number of fused-ring (bicyclic) bond motifs is 1. The van der Waals surface area contributed by atoms with E-state index < -0.39 is 0 Å². The molecule has 5 N–H and O–H groups in total. The maximum atomic E-state index is 6.28. The van der Waals surface area contributed by atoms with Crippen molar-refractivity contribution in [2.24, 2.45) is 15.9 Å². The number of nitrogens with zero attached hydrogens (tertiary/aromatic N) is 3. The predicted molar refractivity (Wildman–Crippen MR) is 185 cm³/mol. The third kappa shape index (κ3) is 7.03. The van der Waals surface area contributed by atoms with Gasteiger partial charge in [0, 0.05) is 18.0 Å². The Kier molecular flexibility index (Phi) is 8.76. The fraction of sp³-hybridized carbons (Fsp3) is 0.270. The van der Waals surface area contributed by atoms with Gasteiger partial charge in [-0.05, 0) is 95.3 Å².